The minimum Gasteiger partial charge on any atom is -0.354 e. The molecule has 0 bridgehead atoms. The van der Waals surface area contributed by atoms with E-state index in [0.29, 0.717) is 25.2 Å². The standard InChI is InChI=1S/C16H23N3O2/c1-12-3-5-13(6-4-12)14(20)18-9-10-19-15(21)16(11-17)7-2-8-16/h3-6H,2,7-11,17H2,1H3,(H,18,20)(H,19,21). The van der Waals surface area contributed by atoms with Crippen LogP contribution in [0.3, 0.4) is 0 Å². The van der Waals surface area contributed by atoms with Crippen molar-refractivity contribution in [2.45, 2.75) is 26.2 Å². The van der Waals surface area contributed by atoms with E-state index in [0.717, 1.165) is 24.8 Å². The van der Waals surface area contributed by atoms with Crippen molar-refractivity contribution in [3.8, 4) is 0 Å². The maximum atomic E-state index is 12.0. The molecule has 0 unspecified atom stereocenters. The minimum absolute atomic E-state index is 0.0147. The summed E-state index contributed by atoms with van der Waals surface area (Å²) in [7, 11) is 0. The predicted molar refractivity (Wildman–Crippen MR) is 81.9 cm³/mol. The molecule has 1 aromatic carbocycles. The molecule has 1 aliphatic rings. The molecule has 4 N–H and O–H groups in total. The molecule has 1 aromatic rings. The number of nitrogens with two attached hydrogens (primary N) is 1. The fourth-order valence-corrected chi connectivity index (χ4v) is 2.47. The van der Waals surface area contributed by atoms with Gasteiger partial charge in [-0.25, -0.2) is 0 Å². The number of hydrogen-bond donors (Lipinski definition) is 3. The third-order valence-corrected chi connectivity index (χ3v) is 4.19. The number of rotatable bonds is 6. The van der Waals surface area contributed by atoms with Gasteiger partial charge >= 0.3 is 0 Å². The first-order valence-electron chi connectivity index (χ1n) is 7.41. The summed E-state index contributed by atoms with van der Waals surface area (Å²) in [6.45, 7) is 3.22. The van der Waals surface area contributed by atoms with Gasteiger partial charge in [0, 0.05) is 25.2 Å². The van der Waals surface area contributed by atoms with Crippen molar-refractivity contribution in [3.63, 3.8) is 0 Å². The van der Waals surface area contributed by atoms with Crippen LogP contribution in [0.15, 0.2) is 24.3 Å². The van der Waals surface area contributed by atoms with Crippen molar-refractivity contribution >= 4 is 11.8 Å². The first kappa shape index (κ1) is 15.5. The highest BCUT2D eigenvalue weighted by Crippen LogP contribution is 2.39. The predicted octanol–water partition coefficient (Wildman–Crippen LogP) is 0.970. The molecule has 0 spiro atoms. The van der Waals surface area contributed by atoms with Crippen LogP contribution in [0.25, 0.3) is 0 Å². The molecule has 2 amide bonds. The van der Waals surface area contributed by atoms with E-state index in [4.69, 9.17) is 5.73 Å². The second-order valence-electron chi connectivity index (χ2n) is 5.72. The smallest absolute Gasteiger partial charge is 0.251 e. The van der Waals surface area contributed by atoms with Gasteiger partial charge in [-0.3, -0.25) is 9.59 Å². The molecule has 1 aliphatic carbocycles. The summed E-state index contributed by atoms with van der Waals surface area (Å²) in [5.41, 5.74) is 7.07. The van der Waals surface area contributed by atoms with Gasteiger partial charge in [-0.05, 0) is 31.9 Å². The number of carbonyl (C=O) groups excluding carboxylic acids is 2. The van der Waals surface area contributed by atoms with Crippen LogP contribution < -0.4 is 16.4 Å². The number of aryl methyl sites for hydroxylation is 1. The van der Waals surface area contributed by atoms with Gasteiger partial charge in [-0.15, -0.1) is 0 Å². The lowest BCUT2D eigenvalue weighted by atomic mass is 9.68. The van der Waals surface area contributed by atoms with E-state index in [1.54, 1.807) is 12.1 Å². The molecule has 1 fully saturated rings. The normalized spacial score (nSPS) is 15.9. The van der Waals surface area contributed by atoms with E-state index in [1.807, 2.05) is 19.1 Å². The third-order valence-electron chi connectivity index (χ3n) is 4.19. The third kappa shape index (κ3) is 3.61. The monoisotopic (exact) mass is 289 g/mol. The first-order chi connectivity index (χ1) is 10.1. The molecular formula is C16H23N3O2. The molecule has 0 aliphatic heterocycles. The van der Waals surface area contributed by atoms with E-state index in [-0.39, 0.29) is 17.2 Å². The Hall–Kier alpha value is -1.88. The highest BCUT2D eigenvalue weighted by atomic mass is 16.2. The molecule has 0 radical (unpaired) electrons. The molecule has 0 saturated heterocycles. The van der Waals surface area contributed by atoms with Crippen molar-refractivity contribution in [3.05, 3.63) is 35.4 Å². The van der Waals surface area contributed by atoms with Gasteiger partial charge in [0.2, 0.25) is 5.91 Å². The van der Waals surface area contributed by atoms with Gasteiger partial charge < -0.3 is 16.4 Å². The van der Waals surface area contributed by atoms with Crippen LogP contribution in [0.2, 0.25) is 0 Å². The van der Waals surface area contributed by atoms with Crippen molar-refractivity contribution < 1.29 is 9.59 Å². The molecule has 0 heterocycles. The highest BCUT2D eigenvalue weighted by molar-refractivity contribution is 5.94. The lowest BCUT2D eigenvalue weighted by Crippen LogP contribution is -2.51. The number of benzene rings is 1. The molecule has 5 heteroatoms. The lowest BCUT2D eigenvalue weighted by Gasteiger charge is -2.39. The molecule has 0 aromatic heterocycles. The molecule has 1 saturated carbocycles. The molecule has 21 heavy (non-hydrogen) atoms. The van der Waals surface area contributed by atoms with E-state index in [2.05, 4.69) is 10.6 Å². The Labute approximate surface area is 125 Å². The summed E-state index contributed by atoms with van der Waals surface area (Å²) in [5.74, 6) is -0.109. The first-order valence-corrected chi connectivity index (χ1v) is 7.41. The zero-order valence-electron chi connectivity index (χ0n) is 12.4. The summed E-state index contributed by atoms with van der Waals surface area (Å²) in [5, 5.41) is 5.65. The van der Waals surface area contributed by atoms with Crippen LogP contribution in [0.4, 0.5) is 0 Å². The topological polar surface area (TPSA) is 84.2 Å². The van der Waals surface area contributed by atoms with Crippen molar-refractivity contribution in [2.75, 3.05) is 19.6 Å². The Balaban J connectivity index is 1.71. The fraction of sp³-hybridized carbons (Fsp3) is 0.500. The number of carbonyl (C=O) groups is 2. The zero-order chi connectivity index (χ0) is 15.3. The summed E-state index contributed by atoms with van der Waals surface area (Å²) in [6.07, 6.45) is 2.80. The van der Waals surface area contributed by atoms with Gasteiger partial charge in [0.05, 0.1) is 5.41 Å². The molecular weight excluding hydrogens is 266 g/mol. The largest absolute Gasteiger partial charge is 0.354 e. The Morgan fingerprint density at radius 3 is 2.29 bits per heavy atom. The fourth-order valence-electron chi connectivity index (χ4n) is 2.47. The van der Waals surface area contributed by atoms with Crippen LogP contribution in [0, 0.1) is 12.3 Å². The van der Waals surface area contributed by atoms with E-state index in [9.17, 15) is 9.59 Å². The number of hydrogen-bond acceptors (Lipinski definition) is 3. The Kier molecular flexibility index (Phi) is 4.96. The SMILES string of the molecule is Cc1ccc(C(=O)NCCNC(=O)C2(CN)CCC2)cc1. The summed E-state index contributed by atoms with van der Waals surface area (Å²) < 4.78 is 0. The average molecular weight is 289 g/mol. The quantitative estimate of drug-likeness (QED) is 0.682. The summed E-state index contributed by atoms with van der Waals surface area (Å²) in [4.78, 5) is 23.9. The lowest BCUT2D eigenvalue weighted by molar-refractivity contribution is -0.135. The zero-order valence-corrected chi connectivity index (χ0v) is 12.4. The highest BCUT2D eigenvalue weighted by Gasteiger charge is 2.42. The molecule has 114 valence electrons. The minimum atomic E-state index is -0.360. The maximum absolute atomic E-state index is 12.0. The van der Waals surface area contributed by atoms with Crippen molar-refractivity contribution in [1.29, 1.82) is 0 Å². The Morgan fingerprint density at radius 2 is 1.76 bits per heavy atom. The molecule has 0 atom stereocenters. The van der Waals surface area contributed by atoms with Gasteiger partial charge in [0.15, 0.2) is 0 Å². The van der Waals surface area contributed by atoms with Gasteiger partial charge in [-0.2, -0.15) is 0 Å². The second kappa shape index (κ2) is 6.72. The van der Waals surface area contributed by atoms with Gasteiger partial charge in [-0.1, -0.05) is 24.1 Å². The van der Waals surface area contributed by atoms with Crippen LogP contribution in [-0.4, -0.2) is 31.4 Å². The Bertz CT molecular complexity index is 501. The second-order valence-corrected chi connectivity index (χ2v) is 5.72. The van der Waals surface area contributed by atoms with E-state index >= 15 is 0 Å². The average Bonchev–Trinajstić information content (AvgIpc) is 2.43. The van der Waals surface area contributed by atoms with Crippen molar-refractivity contribution in [1.82, 2.24) is 10.6 Å². The maximum Gasteiger partial charge on any atom is 0.251 e. The van der Waals surface area contributed by atoms with E-state index < -0.39 is 0 Å². The molecule has 2 rings (SSSR count). The summed E-state index contributed by atoms with van der Waals surface area (Å²) in [6, 6.07) is 7.39. The van der Waals surface area contributed by atoms with E-state index in [1.165, 1.54) is 0 Å². The molecule has 5 nitrogen and oxygen atoms in total. The van der Waals surface area contributed by atoms with Crippen LogP contribution >= 0.6 is 0 Å². The van der Waals surface area contributed by atoms with Crippen molar-refractivity contribution in [2.24, 2.45) is 11.1 Å². The Morgan fingerprint density at radius 1 is 1.14 bits per heavy atom. The summed E-state index contributed by atoms with van der Waals surface area (Å²) >= 11 is 0. The van der Waals surface area contributed by atoms with Crippen LogP contribution in [0.5, 0.6) is 0 Å². The van der Waals surface area contributed by atoms with Gasteiger partial charge in [0.25, 0.3) is 5.91 Å². The van der Waals surface area contributed by atoms with Crippen LogP contribution in [0.1, 0.15) is 35.2 Å². The number of nitrogens with one attached hydrogen (secondary N) is 2. The number of amides is 2. The van der Waals surface area contributed by atoms with Gasteiger partial charge in [0.1, 0.15) is 0 Å². The van der Waals surface area contributed by atoms with Crippen LogP contribution in [-0.2, 0) is 4.79 Å².